The van der Waals surface area contributed by atoms with Crippen LogP contribution in [0.1, 0.15) is 43.4 Å². The molecule has 0 unspecified atom stereocenters. The second-order valence-corrected chi connectivity index (χ2v) is 9.14. The van der Waals surface area contributed by atoms with Crippen LogP contribution in [0.2, 0.25) is 0 Å². The molecule has 1 aliphatic carbocycles. The predicted molar refractivity (Wildman–Crippen MR) is 119 cm³/mol. The van der Waals surface area contributed by atoms with E-state index in [1.54, 1.807) is 11.8 Å². The van der Waals surface area contributed by atoms with E-state index in [-0.39, 0.29) is 0 Å². The van der Waals surface area contributed by atoms with Crippen molar-refractivity contribution in [3.8, 4) is 22.7 Å². The highest BCUT2D eigenvalue weighted by Gasteiger charge is 2.32. The first-order valence-electron chi connectivity index (χ1n) is 10.9. The zero-order valence-electron chi connectivity index (χ0n) is 17.8. The Morgan fingerprint density at radius 1 is 1.03 bits per heavy atom. The number of aryl methyl sites for hydroxylation is 1. The van der Waals surface area contributed by atoms with Crippen LogP contribution in [0.4, 0.5) is 5.95 Å². The van der Waals surface area contributed by atoms with Crippen LogP contribution in [0, 0.1) is 6.92 Å². The first-order valence-corrected chi connectivity index (χ1v) is 11.9. The highest BCUT2D eigenvalue weighted by molar-refractivity contribution is 7.98. The summed E-state index contributed by atoms with van der Waals surface area (Å²) in [5.74, 6) is 3.14. The van der Waals surface area contributed by atoms with Crippen LogP contribution in [-0.4, -0.2) is 43.2 Å². The van der Waals surface area contributed by atoms with Gasteiger partial charge in [0, 0.05) is 24.7 Å². The second-order valence-electron chi connectivity index (χ2n) is 8.20. The molecule has 10 heteroatoms. The SMILES string of the molecule is Cc1onc(-c2ccccc2)c1-c1nnc(CSc2nnc(N3CCCC3)n2C2CC2)o1. The van der Waals surface area contributed by atoms with Gasteiger partial charge in [0.15, 0.2) is 5.16 Å². The fourth-order valence-electron chi connectivity index (χ4n) is 4.11. The van der Waals surface area contributed by atoms with Gasteiger partial charge in [0.25, 0.3) is 5.89 Å². The minimum atomic E-state index is 0.416. The van der Waals surface area contributed by atoms with Gasteiger partial charge < -0.3 is 13.8 Å². The number of anilines is 1. The summed E-state index contributed by atoms with van der Waals surface area (Å²) >= 11 is 1.59. The van der Waals surface area contributed by atoms with Gasteiger partial charge in [0.1, 0.15) is 17.0 Å². The van der Waals surface area contributed by atoms with Crippen LogP contribution in [-0.2, 0) is 5.75 Å². The van der Waals surface area contributed by atoms with E-state index in [2.05, 4.69) is 35.0 Å². The minimum Gasteiger partial charge on any atom is -0.420 e. The molecule has 1 aliphatic heterocycles. The van der Waals surface area contributed by atoms with Crippen molar-refractivity contribution in [3.63, 3.8) is 0 Å². The largest absolute Gasteiger partial charge is 0.420 e. The third kappa shape index (κ3) is 3.58. The first-order chi connectivity index (χ1) is 15.8. The predicted octanol–water partition coefficient (Wildman–Crippen LogP) is 4.52. The number of nitrogens with zero attached hydrogens (tertiary/aromatic N) is 7. The molecular formula is C22H23N7O2S. The summed E-state index contributed by atoms with van der Waals surface area (Å²) in [6, 6.07) is 10.4. The number of aromatic nitrogens is 6. The standard InChI is InChI=1S/C22H23N7O2S/c1-14-18(19(27-31-14)15-7-3-2-4-8-15)20-24-23-17(30-20)13-32-22-26-25-21(28-11-5-6-12-28)29(22)16-9-10-16/h2-4,7-8,16H,5-6,9-13H2,1H3. The van der Waals surface area contributed by atoms with Crippen molar-refractivity contribution in [2.75, 3.05) is 18.0 Å². The van der Waals surface area contributed by atoms with E-state index in [0.29, 0.717) is 35.0 Å². The van der Waals surface area contributed by atoms with Crippen molar-refractivity contribution in [2.45, 2.75) is 49.6 Å². The van der Waals surface area contributed by atoms with Crippen molar-refractivity contribution < 1.29 is 8.94 Å². The Morgan fingerprint density at radius 2 is 1.84 bits per heavy atom. The maximum absolute atomic E-state index is 6.00. The lowest BCUT2D eigenvalue weighted by Crippen LogP contribution is -2.22. The Bertz CT molecular complexity index is 1220. The zero-order valence-corrected chi connectivity index (χ0v) is 18.6. The molecule has 4 aromatic rings. The van der Waals surface area contributed by atoms with Crippen LogP contribution in [0.15, 0.2) is 44.4 Å². The van der Waals surface area contributed by atoms with E-state index in [4.69, 9.17) is 8.94 Å². The van der Waals surface area contributed by atoms with E-state index in [1.165, 1.54) is 25.7 Å². The van der Waals surface area contributed by atoms with Crippen molar-refractivity contribution >= 4 is 17.7 Å². The Kier molecular flexibility index (Phi) is 4.94. The van der Waals surface area contributed by atoms with Crippen molar-refractivity contribution in [2.24, 2.45) is 0 Å². The number of hydrogen-bond acceptors (Lipinski definition) is 9. The summed E-state index contributed by atoms with van der Waals surface area (Å²) in [7, 11) is 0. The average Bonchev–Trinajstić information content (AvgIpc) is 3.25. The molecule has 3 aromatic heterocycles. The number of thioether (sulfide) groups is 1. The van der Waals surface area contributed by atoms with Crippen LogP contribution < -0.4 is 4.90 Å². The van der Waals surface area contributed by atoms with Gasteiger partial charge in [-0.1, -0.05) is 47.3 Å². The fraction of sp³-hybridized carbons (Fsp3) is 0.409. The number of benzene rings is 1. The molecule has 0 atom stereocenters. The van der Waals surface area contributed by atoms with Gasteiger partial charge in [-0.05, 0) is 32.6 Å². The molecular weight excluding hydrogens is 426 g/mol. The molecule has 2 aliphatic rings. The van der Waals surface area contributed by atoms with Crippen molar-refractivity contribution in [1.29, 1.82) is 0 Å². The summed E-state index contributed by atoms with van der Waals surface area (Å²) in [5, 5.41) is 22.7. The van der Waals surface area contributed by atoms with Crippen LogP contribution in [0.25, 0.3) is 22.7 Å². The highest BCUT2D eigenvalue weighted by atomic mass is 32.2. The average molecular weight is 450 g/mol. The summed E-state index contributed by atoms with van der Waals surface area (Å²) < 4.78 is 13.7. The highest BCUT2D eigenvalue weighted by Crippen LogP contribution is 2.42. The molecule has 9 nitrogen and oxygen atoms in total. The molecule has 32 heavy (non-hydrogen) atoms. The Morgan fingerprint density at radius 3 is 2.62 bits per heavy atom. The topological polar surface area (TPSA) is 98.9 Å². The monoisotopic (exact) mass is 449 g/mol. The Balaban J connectivity index is 1.23. The molecule has 6 rings (SSSR count). The molecule has 1 aromatic carbocycles. The van der Waals surface area contributed by atoms with E-state index in [0.717, 1.165) is 35.3 Å². The lowest BCUT2D eigenvalue weighted by molar-refractivity contribution is 0.399. The zero-order chi connectivity index (χ0) is 21.5. The summed E-state index contributed by atoms with van der Waals surface area (Å²) in [6.45, 7) is 3.97. The van der Waals surface area contributed by atoms with Crippen LogP contribution >= 0.6 is 11.8 Å². The summed E-state index contributed by atoms with van der Waals surface area (Å²) in [6.07, 6.45) is 4.81. The van der Waals surface area contributed by atoms with Gasteiger partial charge in [-0.3, -0.25) is 4.57 Å². The molecule has 164 valence electrons. The molecule has 0 spiro atoms. The van der Waals surface area contributed by atoms with Crippen molar-refractivity contribution in [1.82, 2.24) is 30.1 Å². The normalized spacial score (nSPS) is 16.2. The maximum Gasteiger partial charge on any atom is 0.253 e. The molecule has 2 fully saturated rings. The molecule has 1 saturated carbocycles. The summed E-state index contributed by atoms with van der Waals surface area (Å²) in [5.41, 5.74) is 2.38. The molecule has 0 N–H and O–H groups in total. The third-order valence-electron chi connectivity index (χ3n) is 5.86. The van der Waals surface area contributed by atoms with Gasteiger partial charge in [-0.2, -0.15) is 0 Å². The second kappa shape index (κ2) is 8.09. The van der Waals surface area contributed by atoms with E-state index >= 15 is 0 Å². The van der Waals surface area contributed by atoms with Gasteiger partial charge in [-0.15, -0.1) is 20.4 Å². The van der Waals surface area contributed by atoms with E-state index in [9.17, 15) is 0 Å². The van der Waals surface area contributed by atoms with Crippen LogP contribution in [0.3, 0.4) is 0 Å². The van der Waals surface area contributed by atoms with Gasteiger partial charge in [0.05, 0.1) is 5.75 Å². The van der Waals surface area contributed by atoms with Gasteiger partial charge in [0.2, 0.25) is 11.8 Å². The van der Waals surface area contributed by atoms with Crippen molar-refractivity contribution in [3.05, 3.63) is 42.0 Å². The maximum atomic E-state index is 6.00. The third-order valence-corrected chi connectivity index (χ3v) is 6.79. The number of rotatable bonds is 7. The lowest BCUT2D eigenvalue weighted by Gasteiger charge is -2.17. The summed E-state index contributed by atoms with van der Waals surface area (Å²) in [4.78, 5) is 2.35. The first kappa shape index (κ1) is 19.5. The smallest absolute Gasteiger partial charge is 0.253 e. The van der Waals surface area contributed by atoms with E-state index < -0.39 is 0 Å². The van der Waals surface area contributed by atoms with Gasteiger partial charge >= 0.3 is 0 Å². The quantitative estimate of drug-likeness (QED) is 0.377. The van der Waals surface area contributed by atoms with Gasteiger partial charge in [-0.25, -0.2) is 0 Å². The Hall–Kier alpha value is -3.14. The Labute approximate surface area is 189 Å². The molecule has 1 saturated heterocycles. The van der Waals surface area contributed by atoms with E-state index in [1.807, 2.05) is 37.3 Å². The number of hydrogen-bond donors (Lipinski definition) is 0. The fourth-order valence-corrected chi connectivity index (χ4v) is 4.95. The van der Waals surface area contributed by atoms with Crippen LogP contribution in [0.5, 0.6) is 0 Å². The molecule has 0 bridgehead atoms. The lowest BCUT2D eigenvalue weighted by atomic mass is 10.1. The molecule has 4 heterocycles. The minimum absolute atomic E-state index is 0.416. The molecule has 0 radical (unpaired) electrons. The molecule has 0 amide bonds.